The average Bonchev–Trinajstić information content (AvgIpc) is 3.11. The Morgan fingerprint density at radius 2 is 1.81 bits per heavy atom. The summed E-state index contributed by atoms with van der Waals surface area (Å²) in [6.07, 6.45) is 0. The minimum absolute atomic E-state index is 0.0846. The molecule has 7 heteroatoms. The molecule has 0 bridgehead atoms. The van der Waals surface area contributed by atoms with Crippen molar-refractivity contribution in [2.24, 2.45) is 0 Å². The van der Waals surface area contributed by atoms with Gasteiger partial charge in [0, 0.05) is 31.0 Å². The van der Waals surface area contributed by atoms with E-state index in [1.54, 1.807) is 0 Å². The fraction of sp³-hybridized carbons (Fsp3) is 0.211. The van der Waals surface area contributed by atoms with Crippen LogP contribution in [-0.4, -0.2) is 40.4 Å². The molecule has 3 aromatic rings. The van der Waals surface area contributed by atoms with Crippen LogP contribution in [0.25, 0.3) is 11.4 Å². The SMILES string of the molecule is CC(Sc1n[nH]c(-c2ccccc2)n1)C(=O)Nc1ccc(N(C)C)cc1. The largest absolute Gasteiger partial charge is 0.378 e. The molecule has 0 saturated heterocycles. The number of carbonyl (C=O) groups excluding carboxylic acids is 1. The molecule has 1 unspecified atom stereocenters. The van der Waals surface area contributed by atoms with Gasteiger partial charge in [0.05, 0.1) is 5.25 Å². The quantitative estimate of drug-likeness (QED) is 0.651. The lowest BCUT2D eigenvalue weighted by molar-refractivity contribution is -0.115. The average molecular weight is 367 g/mol. The van der Waals surface area contributed by atoms with Crippen molar-refractivity contribution < 1.29 is 4.79 Å². The highest BCUT2D eigenvalue weighted by Gasteiger charge is 2.17. The Balaban J connectivity index is 1.60. The standard InChI is InChI=1S/C19H21N5OS/c1-13(18(25)20-15-9-11-16(12-10-15)24(2)3)26-19-21-17(22-23-19)14-7-5-4-6-8-14/h4-13H,1-3H3,(H,20,25)(H,21,22,23). The van der Waals surface area contributed by atoms with Crippen molar-refractivity contribution in [2.45, 2.75) is 17.3 Å². The highest BCUT2D eigenvalue weighted by atomic mass is 32.2. The second-order valence-corrected chi connectivity index (χ2v) is 7.33. The predicted molar refractivity (Wildman–Crippen MR) is 107 cm³/mol. The number of amides is 1. The third-order valence-electron chi connectivity index (χ3n) is 3.81. The van der Waals surface area contributed by atoms with Gasteiger partial charge >= 0.3 is 0 Å². The van der Waals surface area contributed by atoms with E-state index < -0.39 is 0 Å². The van der Waals surface area contributed by atoms with Crippen molar-refractivity contribution in [3.8, 4) is 11.4 Å². The van der Waals surface area contributed by atoms with Crippen LogP contribution in [0.3, 0.4) is 0 Å². The molecule has 0 spiro atoms. The number of benzene rings is 2. The van der Waals surface area contributed by atoms with Crippen LogP contribution in [-0.2, 0) is 4.79 Å². The van der Waals surface area contributed by atoms with E-state index in [0.29, 0.717) is 11.0 Å². The zero-order chi connectivity index (χ0) is 18.5. The monoisotopic (exact) mass is 367 g/mol. The zero-order valence-electron chi connectivity index (χ0n) is 14.9. The van der Waals surface area contributed by atoms with Gasteiger partial charge in [-0.2, -0.15) is 0 Å². The van der Waals surface area contributed by atoms with Gasteiger partial charge in [-0.25, -0.2) is 4.98 Å². The predicted octanol–water partition coefficient (Wildman–Crippen LogP) is 3.66. The number of aromatic nitrogens is 3. The normalized spacial score (nSPS) is 11.8. The van der Waals surface area contributed by atoms with E-state index >= 15 is 0 Å². The third-order valence-corrected chi connectivity index (χ3v) is 4.78. The first-order valence-electron chi connectivity index (χ1n) is 8.25. The second kappa shape index (κ2) is 8.05. The summed E-state index contributed by atoms with van der Waals surface area (Å²) in [6.45, 7) is 1.84. The second-order valence-electron chi connectivity index (χ2n) is 6.02. The Morgan fingerprint density at radius 1 is 1.12 bits per heavy atom. The van der Waals surface area contributed by atoms with Crippen LogP contribution in [0.4, 0.5) is 11.4 Å². The van der Waals surface area contributed by atoms with E-state index in [-0.39, 0.29) is 11.2 Å². The number of nitrogens with one attached hydrogen (secondary N) is 2. The third kappa shape index (κ3) is 4.43. The lowest BCUT2D eigenvalue weighted by Gasteiger charge is -2.14. The summed E-state index contributed by atoms with van der Waals surface area (Å²) < 4.78 is 0. The summed E-state index contributed by atoms with van der Waals surface area (Å²) in [5.41, 5.74) is 2.82. The van der Waals surface area contributed by atoms with Crippen molar-refractivity contribution in [2.75, 3.05) is 24.3 Å². The van der Waals surface area contributed by atoms with Gasteiger partial charge < -0.3 is 10.2 Å². The molecule has 0 fully saturated rings. The minimum atomic E-state index is -0.317. The molecule has 6 nitrogen and oxygen atoms in total. The van der Waals surface area contributed by atoms with Gasteiger partial charge in [-0.15, -0.1) is 5.10 Å². The van der Waals surface area contributed by atoms with E-state index in [0.717, 1.165) is 16.9 Å². The molecule has 134 valence electrons. The molecule has 0 aliphatic rings. The molecule has 2 N–H and O–H groups in total. The van der Waals surface area contributed by atoms with Gasteiger partial charge in [-0.3, -0.25) is 9.89 Å². The number of nitrogens with zero attached hydrogens (tertiary/aromatic N) is 3. The van der Waals surface area contributed by atoms with E-state index in [2.05, 4.69) is 20.5 Å². The summed E-state index contributed by atoms with van der Waals surface area (Å²) in [4.78, 5) is 18.9. The molecule has 26 heavy (non-hydrogen) atoms. The van der Waals surface area contributed by atoms with E-state index in [9.17, 15) is 4.79 Å². The highest BCUT2D eigenvalue weighted by Crippen LogP contribution is 2.24. The first kappa shape index (κ1) is 18.0. The van der Waals surface area contributed by atoms with Gasteiger partial charge in [0.2, 0.25) is 11.1 Å². The lowest BCUT2D eigenvalue weighted by atomic mass is 10.2. The summed E-state index contributed by atoms with van der Waals surface area (Å²) in [6, 6.07) is 17.5. The first-order valence-corrected chi connectivity index (χ1v) is 9.13. The van der Waals surface area contributed by atoms with Crippen molar-refractivity contribution in [1.82, 2.24) is 15.2 Å². The highest BCUT2D eigenvalue weighted by molar-refractivity contribution is 8.00. The molecular formula is C19H21N5OS. The smallest absolute Gasteiger partial charge is 0.237 e. The van der Waals surface area contributed by atoms with E-state index in [1.165, 1.54) is 11.8 Å². The lowest BCUT2D eigenvalue weighted by Crippen LogP contribution is -2.22. The Morgan fingerprint density at radius 3 is 2.46 bits per heavy atom. The number of hydrogen-bond donors (Lipinski definition) is 2. The summed E-state index contributed by atoms with van der Waals surface area (Å²) in [7, 11) is 3.96. The zero-order valence-corrected chi connectivity index (χ0v) is 15.7. The van der Waals surface area contributed by atoms with Crippen LogP contribution in [0.1, 0.15) is 6.92 Å². The number of anilines is 2. The molecule has 1 atom stereocenters. The number of H-pyrrole nitrogens is 1. The fourth-order valence-electron chi connectivity index (χ4n) is 2.32. The molecule has 1 amide bonds. The number of rotatable bonds is 6. The topological polar surface area (TPSA) is 73.9 Å². The Labute approximate surface area is 157 Å². The fourth-order valence-corrected chi connectivity index (χ4v) is 3.05. The van der Waals surface area contributed by atoms with E-state index in [1.807, 2.05) is 80.5 Å². The Kier molecular flexibility index (Phi) is 5.58. The molecule has 2 aromatic carbocycles. The summed E-state index contributed by atoms with van der Waals surface area (Å²) in [5, 5.41) is 10.3. The van der Waals surface area contributed by atoms with Crippen molar-refractivity contribution in [3.05, 3.63) is 54.6 Å². The maximum Gasteiger partial charge on any atom is 0.237 e. The van der Waals surface area contributed by atoms with Crippen LogP contribution in [0.5, 0.6) is 0 Å². The van der Waals surface area contributed by atoms with Gasteiger partial charge in [-0.05, 0) is 31.2 Å². The Hall–Kier alpha value is -2.80. The van der Waals surface area contributed by atoms with Crippen molar-refractivity contribution in [3.63, 3.8) is 0 Å². The maximum absolute atomic E-state index is 12.4. The summed E-state index contributed by atoms with van der Waals surface area (Å²) in [5.74, 6) is 0.610. The molecular weight excluding hydrogens is 346 g/mol. The number of hydrogen-bond acceptors (Lipinski definition) is 5. The van der Waals surface area contributed by atoms with Crippen LogP contribution >= 0.6 is 11.8 Å². The molecule has 0 saturated carbocycles. The number of carbonyl (C=O) groups is 1. The van der Waals surface area contributed by atoms with Gasteiger partial charge in [0.15, 0.2) is 5.82 Å². The van der Waals surface area contributed by atoms with Crippen LogP contribution in [0.15, 0.2) is 59.8 Å². The molecule has 0 aliphatic heterocycles. The van der Waals surface area contributed by atoms with Crippen LogP contribution < -0.4 is 10.2 Å². The first-order chi connectivity index (χ1) is 12.5. The van der Waals surface area contributed by atoms with Crippen LogP contribution in [0.2, 0.25) is 0 Å². The van der Waals surface area contributed by atoms with Crippen molar-refractivity contribution >= 4 is 29.0 Å². The summed E-state index contributed by atoms with van der Waals surface area (Å²) >= 11 is 1.32. The van der Waals surface area contributed by atoms with Gasteiger partial charge in [0.1, 0.15) is 0 Å². The molecule has 1 heterocycles. The molecule has 3 rings (SSSR count). The van der Waals surface area contributed by atoms with Crippen LogP contribution in [0, 0.1) is 0 Å². The molecule has 0 aliphatic carbocycles. The molecule has 0 radical (unpaired) electrons. The number of aromatic amines is 1. The maximum atomic E-state index is 12.4. The van der Waals surface area contributed by atoms with Crippen molar-refractivity contribution in [1.29, 1.82) is 0 Å². The number of thioether (sulfide) groups is 1. The minimum Gasteiger partial charge on any atom is -0.378 e. The Bertz CT molecular complexity index is 861. The van der Waals surface area contributed by atoms with E-state index in [4.69, 9.17) is 0 Å². The molecule has 1 aromatic heterocycles. The van der Waals surface area contributed by atoms with Gasteiger partial charge in [-0.1, -0.05) is 42.1 Å². The van der Waals surface area contributed by atoms with Gasteiger partial charge in [0.25, 0.3) is 0 Å².